The maximum atomic E-state index is 12.4. The summed E-state index contributed by atoms with van der Waals surface area (Å²) in [6.07, 6.45) is 3.68. The Balaban J connectivity index is 2.17. The number of hydrogen-bond acceptors (Lipinski definition) is 3. The molecule has 0 radical (unpaired) electrons. The number of aromatic nitrogens is 3. The Hall–Kier alpha value is -1.88. The van der Waals surface area contributed by atoms with Crippen molar-refractivity contribution in [1.82, 2.24) is 19.9 Å². The molecule has 1 aromatic carbocycles. The highest BCUT2D eigenvalue weighted by Crippen LogP contribution is 2.14. The number of nitrogens with zero attached hydrogens (tertiary/aromatic N) is 4. The van der Waals surface area contributed by atoms with Gasteiger partial charge in [-0.2, -0.15) is 0 Å². The number of carbonyl (C=O) groups is 1. The van der Waals surface area contributed by atoms with E-state index >= 15 is 0 Å². The first-order valence-electron chi connectivity index (χ1n) is 7.13. The van der Waals surface area contributed by atoms with E-state index in [-0.39, 0.29) is 5.91 Å². The highest BCUT2D eigenvalue weighted by molar-refractivity contribution is 6.30. The maximum absolute atomic E-state index is 12.4. The van der Waals surface area contributed by atoms with Gasteiger partial charge in [-0.1, -0.05) is 36.2 Å². The van der Waals surface area contributed by atoms with Crippen LogP contribution in [0.25, 0.3) is 5.69 Å². The molecule has 0 atom stereocenters. The van der Waals surface area contributed by atoms with Crippen molar-refractivity contribution in [2.45, 2.75) is 26.7 Å². The van der Waals surface area contributed by atoms with Crippen molar-refractivity contribution in [3.8, 4) is 5.69 Å². The number of unbranched alkanes of at least 4 members (excludes halogenated alkanes) is 1. The van der Waals surface area contributed by atoms with E-state index in [4.69, 9.17) is 11.6 Å². The second-order valence-electron chi connectivity index (χ2n) is 4.77. The molecule has 1 amide bonds. The molecule has 21 heavy (non-hydrogen) atoms. The summed E-state index contributed by atoms with van der Waals surface area (Å²) in [4.78, 5) is 14.2. The second-order valence-corrected chi connectivity index (χ2v) is 5.20. The van der Waals surface area contributed by atoms with Crippen LogP contribution in [-0.4, -0.2) is 38.9 Å². The van der Waals surface area contributed by atoms with E-state index < -0.39 is 0 Å². The third kappa shape index (κ3) is 3.82. The fourth-order valence-corrected chi connectivity index (χ4v) is 2.21. The summed E-state index contributed by atoms with van der Waals surface area (Å²) < 4.78 is 1.56. The van der Waals surface area contributed by atoms with Crippen molar-refractivity contribution in [1.29, 1.82) is 0 Å². The molecule has 2 aromatic rings. The van der Waals surface area contributed by atoms with Gasteiger partial charge in [0, 0.05) is 18.1 Å². The molecule has 0 unspecified atom stereocenters. The van der Waals surface area contributed by atoms with Crippen molar-refractivity contribution in [2.24, 2.45) is 0 Å². The lowest BCUT2D eigenvalue weighted by Gasteiger charge is -2.18. The van der Waals surface area contributed by atoms with Gasteiger partial charge >= 0.3 is 0 Å². The summed E-state index contributed by atoms with van der Waals surface area (Å²) in [6, 6.07) is 7.26. The fourth-order valence-electron chi connectivity index (χ4n) is 2.02. The molecule has 0 saturated heterocycles. The summed E-state index contributed by atoms with van der Waals surface area (Å²) >= 11 is 5.96. The van der Waals surface area contributed by atoms with E-state index in [2.05, 4.69) is 17.2 Å². The molecule has 0 spiro atoms. The first kappa shape index (κ1) is 15.5. The Kier molecular flexibility index (Phi) is 5.33. The molecular weight excluding hydrogens is 288 g/mol. The molecule has 0 aliphatic carbocycles. The highest BCUT2D eigenvalue weighted by Gasteiger charge is 2.17. The van der Waals surface area contributed by atoms with Crippen molar-refractivity contribution in [2.75, 3.05) is 13.1 Å². The van der Waals surface area contributed by atoms with E-state index in [1.165, 1.54) is 0 Å². The maximum Gasteiger partial charge on any atom is 0.276 e. The predicted octanol–water partition coefficient (Wildman–Crippen LogP) is 3.18. The second kappa shape index (κ2) is 7.22. The van der Waals surface area contributed by atoms with Gasteiger partial charge in [-0.3, -0.25) is 4.79 Å². The molecular formula is C15H19ClN4O. The quantitative estimate of drug-likeness (QED) is 0.823. The number of rotatable bonds is 6. The standard InChI is InChI=1S/C15H19ClN4O/c1-3-5-9-19(4-2)15(21)14-11-20(18-17-14)13-8-6-7-12(16)10-13/h6-8,10-11H,3-5,9H2,1-2H3. The molecule has 1 aromatic heterocycles. The Morgan fingerprint density at radius 2 is 2.19 bits per heavy atom. The summed E-state index contributed by atoms with van der Waals surface area (Å²) in [5.41, 5.74) is 1.14. The van der Waals surface area contributed by atoms with Crippen LogP contribution < -0.4 is 0 Å². The predicted molar refractivity (Wildman–Crippen MR) is 82.9 cm³/mol. The van der Waals surface area contributed by atoms with Crippen LogP contribution in [-0.2, 0) is 0 Å². The minimum absolute atomic E-state index is 0.0840. The monoisotopic (exact) mass is 306 g/mol. The average Bonchev–Trinajstić information content (AvgIpc) is 2.97. The van der Waals surface area contributed by atoms with Gasteiger partial charge in [-0.25, -0.2) is 4.68 Å². The number of benzene rings is 1. The minimum Gasteiger partial charge on any atom is -0.337 e. The van der Waals surface area contributed by atoms with Crippen LogP contribution in [0.5, 0.6) is 0 Å². The van der Waals surface area contributed by atoms with Gasteiger partial charge in [-0.05, 0) is 31.5 Å². The van der Waals surface area contributed by atoms with Crippen LogP contribution in [0, 0.1) is 0 Å². The van der Waals surface area contributed by atoms with E-state index in [9.17, 15) is 4.79 Å². The first-order valence-corrected chi connectivity index (χ1v) is 7.51. The van der Waals surface area contributed by atoms with E-state index in [1.54, 1.807) is 27.9 Å². The molecule has 2 rings (SSSR count). The van der Waals surface area contributed by atoms with Crippen molar-refractivity contribution >= 4 is 17.5 Å². The summed E-state index contributed by atoms with van der Waals surface area (Å²) in [6.45, 7) is 5.49. The van der Waals surface area contributed by atoms with Gasteiger partial charge in [0.25, 0.3) is 5.91 Å². The lowest BCUT2D eigenvalue weighted by atomic mass is 10.3. The highest BCUT2D eigenvalue weighted by atomic mass is 35.5. The lowest BCUT2D eigenvalue weighted by Crippen LogP contribution is -2.32. The molecule has 6 heteroatoms. The van der Waals surface area contributed by atoms with Crippen LogP contribution in [0.4, 0.5) is 0 Å². The topological polar surface area (TPSA) is 51.0 Å². The van der Waals surface area contributed by atoms with Gasteiger partial charge in [-0.15, -0.1) is 5.10 Å². The molecule has 0 fully saturated rings. The Morgan fingerprint density at radius 1 is 1.38 bits per heavy atom. The Morgan fingerprint density at radius 3 is 2.86 bits per heavy atom. The number of halogens is 1. The zero-order valence-corrected chi connectivity index (χ0v) is 13.0. The van der Waals surface area contributed by atoms with Gasteiger partial charge < -0.3 is 4.90 Å². The van der Waals surface area contributed by atoms with E-state index in [0.717, 1.165) is 25.1 Å². The molecule has 0 aliphatic heterocycles. The van der Waals surface area contributed by atoms with Gasteiger partial charge in [0.15, 0.2) is 5.69 Å². The molecule has 5 nitrogen and oxygen atoms in total. The van der Waals surface area contributed by atoms with Crippen LogP contribution in [0.1, 0.15) is 37.2 Å². The minimum atomic E-state index is -0.0840. The molecule has 1 heterocycles. The molecule has 0 aliphatic rings. The van der Waals surface area contributed by atoms with Gasteiger partial charge in [0.05, 0.1) is 11.9 Å². The van der Waals surface area contributed by atoms with Crippen molar-refractivity contribution in [3.05, 3.63) is 41.2 Å². The SMILES string of the molecule is CCCCN(CC)C(=O)c1cn(-c2cccc(Cl)c2)nn1. The zero-order chi connectivity index (χ0) is 15.2. The number of hydrogen-bond donors (Lipinski definition) is 0. The normalized spacial score (nSPS) is 10.6. The van der Waals surface area contributed by atoms with Crippen LogP contribution >= 0.6 is 11.6 Å². The van der Waals surface area contributed by atoms with E-state index in [1.807, 2.05) is 19.1 Å². The summed E-state index contributed by atoms with van der Waals surface area (Å²) in [5, 5.41) is 8.60. The van der Waals surface area contributed by atoms with Crippen molar-refractivity contribution < 1.29 is 4.79 Å². The summed E-state index contributed by atoms with van der Waals surface area (Å²) in [5.74, 6) is -0.0840. The van der Waals surface area contributed by atoms with E-state index in [0.29, 0.717) is 17.3 Å². The Bertz CT molecular complexity index is 611. The molecule has 112 valence electrons. The third-order valence-corrected chi connectivity index (χ3v) is 3.47. The lowest BCUT2D eigenvalue weighted by molar-refractivity contribution is 0.0756. The Labute approximate surface area is 129 Å². The average molecular weight is 307 g/mol. The number of carbonyl (C=O) groups excluding carboxylic acids is 1. The van der Waals surface area contributed by atoms with Crippen LogP contribution in [0.2, 0.25) is 5.02 Å². The molecule has 0 N–H and O–H groups in total. The molecule has 0 bridgehead atoms. The smallest absolute Gasteiger partial charge is 0.276 e. The van der Waals surface area contributed by atoms with Crippen molar-refractivity contribution in [3.63, 3.8) is 0 Å². The molecule has 0 saturated carbocycles. The zero-order valence-electron chi connectivity index (χ0n) is 12.3. The van der Waals surface area contributed by atoms with Crippen LogP contribution in [0.15, 0.2) is 30.5 Å². The third-order valence-electron chi connectivity index (χ3n) is 3.24. The number of amides is 1. The largest absolute Gasteiger partial charge is 0.337 e. The fraction of sp³-hybridized carbons (Fsp3) is 0.400. The van der Waals surface area contributed by atoms with Gasteiger partial charge in [0.2, 0.25) is 0 Å². The first-order chi connectivity index (χ1) is 10.2. The van der Waals surface area contributed by atoms with Crippen LogP contribution in [0.3, 0.4) is 0 Å². The summed E-state index contributed by atoms with van der Waals surface area (Å²) in [7, 11) is 0. The van der Waals surface area contributed by atoms with Gasteiger partial charge in [0.1, 0.15) is 0 Å².